The third-order valence-corrected chi connectivity index (χ3v) is 7.83. The van der Waals surface area contributed by atoms with Gasteiger partial charge in [-0.05, 0) is 41.6 Å². The van der Waals surface area contributed by atoms with Crippen LogP contribution in [-0.4, -0.2) is 41.6 Å². The van der Waals surface area contributed by atoms with Gasteiger partial charge < -0.3 is 5.32 Å². The summed E-state index contributed by atoms with van der Waals surface area (Å²) in [5.74, 6) is 0.346. The second-order valence-corrected chi connectivity index (χ2v) is 11.0. The molecule has 0 bridgehead atoms. The number of sulfonamides is 1. The number of nitrogens with zero attached hydrogens (tertiary/aromatic N) is 4. The molecule has 0 saturated carbocycles. The van der Waals surface area contributed by atoms with Gasteiger partial charge >= 0.3 is 0 Å². The normalized spacial score (nSPS) is 16.9. The van der Waals surface area contributed by atoms with E-state index in [0.29, 0.717) is 33.1 Å². The lowest BCUT2D eigenvalue weighted by molar-refractivity contribution is 0.585. The van der Waals surface area contributed by atoms with Crippen LogP contribution in [0.5, 0.6) is 0 Å². The molecule has 10 heteroatoms. The van der Waals surface area contributed by atoms with E-state index in [1.54, 1.807) is 35.3 Å². The van der Waals surface area contributed by atoms with E-state index in [2.05, 4.69) is 25.1 Å². The summed E-state index contributed by atoms with van der Waals surface area (Å²) >= 11 is 0. The summed E-state index contributed by atoms with van der Waals surface area (Å²) in [4.78, 5) is 22.6. The van der Waals surface area contributed by atoms with Crippen molar-refractivity contribution in [2.45, 2.75) is 18.2 Å². The van der Waals surface area contributed by atoms with Crippen molar-refractivity contribution in [2.75, 3.05) is 6.54 Å². The molecular weight excluding hydrogens is 488 g/mol. The van der Waals surface area contributed by atoms with E-state index in [-0.39, 0.29) is 23.8 Å². The van der Waals surface area contributed by atoms with Gasteiger partial charge in [0.25, 0.3) is 0 Å². The Kier molecular flexibility index (Phi) is 5.69. The van der Waals surface area contributed by atoms with Crippen LogP contribution >= 0.6 is 0 Å². The van der Waals surface area contributed by atoms with Gasteiger partial charge in [-0.25, -0.2) is 13.1 Å². The zero-order valence-corrected chi connectivity index (χ0v) is 20.9. The van der Waals surface area contributed by atoms with Crippen LogP contribution in [0.1, 0.15) is 12.0 Å². The summed E-state index contributed by atoms with van der Waals surface area (Å²) in [5.41, 5.74) is 3.52. The number of hydrogen-bond donors (Lipinski definition) is 2. The molecule has 37 heavy (non-hydrogen) atoms. The molecule has 9 nitrogen and oxygen atoms in total. The van der Waals surface area contributed by atoms with Gasteiger partial charge in [0.2, 0.25) is 10.0 Å². The average molecular weight is 513 g/mol. The molecule has 0 fully saturated rings. The zero-order valence-electron chi connectivity index (χ0n) is 20.0. The van der Waals surface area contributed by atoms with E-state index < -0.39 is 10.0 Å². The standard InChI is InChI=1S/C27H24N6O3S/c1-33-15-20(13-29-33)19-11-22-23(28-12-19)9-8-18-7-6-17(10-21(18)27(22)34)16-37(35,36)30-14-26-31-24-4-2-3-5-25(24)32-26/h2-4,6-13,15,25,30H,5,14,16H2,1H3,(H,31,32). The quantitative estimate of drug-likeness (QED) is 0.410. The van der Waals surface area contributed by atoms with E-state index in [0.717, 1.165) is 23.2 Å². The monoisotopic (exact) mass is 512 g/mol. The number of allylic oxidation sites excluding steroid dienone is 2. The number of amidine groups is 1. The molecule has 1 unspecified atom stereocenters. The third kappa shape index (κ3) is 4.68. The first-order chi connectivity index (χ1) is 17.8. The van der Waals surface area contributed by atoms with Gasteiger partial charge in [0, 0.05) is 47.0 Å². The minimum Gasteiger partial charge on any atom is -0.345 e. The summed E-state index contributed by atoms with van der Waals surface area (Å²) in [6.07, 6.45) is 12.1. The third-order valence-electron chi connectivity index (χ3n) is 6.53. The first-order valence-electron chi connectivity index (χ1n) is 11.9. The maximum Gasteiger partial charge on any atom is 0.216 e. The Hall–Kier alpha value is -4.15. The Morgan fingerprint density at radius 3 is 2.78 bits per heavy atom. The minimum atomic E-state index is -3.67. The van der Waals surface area contributed by atoms with Gasteiger partial charge in [-0.2, -0.15) is 5.10 Å². The number of hydrogen-bond acceptors (Lipinski definition) is 7. The summed E-state index contributed by atoms with van der Waals surface area (Å²) in [7, 11) is -1.84. The molecule has 2 aliphatic rings. The predicted molar refractivity (Wildman–Crippen MR) is 145 cm³/mol. The van der Waals surface area contributed by atoms with Gasteiger partial charge in [0.15, 0.2) is 5.43 Å². The SMILES string of the molecule is Cn1cc(-c2cnc3ccc4ccc(CS(=O)(=O)NCC5=NC6CC=CC=C6N5)cc4c(=O)c3c2)cn1. The van der Waals surface area contributed by atoms with Gasteiger partial charge in [-0.1, -0.05) is 30.4 Å². The topological polar surface area (TPSA) is 118 Å². The maximum absolute atomic E-state index is 13.6. The summed E-state index contributed by atoms with van der Waals surface area (Å²) in [6.45, 7) is 0.0823. The predicted octanol–water partition coefficient (Wildman–Crippen LogP) is 2.78. The fraction of sp³-hybridized carbons (Fsp3) is 0.185. The second-order valence-electron chi connectivity index (χ2n) is 9.23. The maximum atomic E-state index is 13.6. The molecule has 2 aromatic carbocycles. The Bertz CT molecular complexity index is 1820. The summed E-state index contributed by atoms with van der Waals surface area (Å²) in [6, 6.07) is 10.6. The average Bonchev–Trinajstić information content (AvgIpc) is 3.49. The lowest BCUT2D eigenvalue weighted by Gasteiger charge is -2.10. The van der Waals surface area contributed by atoms with Crippen molar-refractivity contribution in [2.24, 2.45) is 12.0 Å². The molecule has 6 rings (SSSR count). The number of nitrogens with one attached hydrogen (secondary N) is 2. The summed E-state index contributed by atoms with van der Waals surface area (Å²) in [5, 5.41) is 9.00. The number of pyridine rings is 1. The van der Waals surface area contributed by atoms with Crippen LogP contribution in [0.3, 0.4) is 0 Å². The molecule has 2 aromatic heterocycles. The van der Waals surface area contributed by atoms with Crippen LogP contribution in [0.25, 0.3) is 32.8 Å². The highest BCUT2D eigenvalue weighted by Crippen LogP contribution is 2.23. The highest BCUT2D eigenvalue weighted by molar-refractivity contribution is 7.88. The largest absolute Gasteiger partial charge is 0.345 e. The van der Waals surface area contributed by atoms with Crippen molar-refractivity contribution in [1.29, 1.82) is 0 Å². The molecule has 0 radical (unpaired) electrons. The fourth-order valence-electron chi connectivity index (χ4n) is 4.66. The van der Waals surface area contributed by atoms with Crippen LogP contribution in [0.15, 0.2) is 88.7 Å². The second kappa shape index (κ2) is 9.06. The molecule has 0 saturated heterocycles. The lowest BCUT2D eigenvalue weighted by atomic mass is 10.1. The van der Waals surface area contributed by atoms with Crippen molar-refractivity contribution in [3.8, 4) is 11.1 Å². The van der Waals surface area contributed by atoms with Crippen molar-refractivity contribution < 1.29 is 8.42 Å². The van der Waals surface area contributed by atoms with E-state index in [1.165, 1.54) is 0 Å². The Morgan fingerprint density at radius 1 is 1.11 bits per heavy atom. The first kappa shape index (κ1) is 23.3. The van der Waals surface area contributed by atoms with Crippen molar-refractivity contribution in [1.82, 2.24) is 24.8 Å². The number of fused-ring (bicyclic) bond motifs is 3. The Labute approximate surface area is 213 Å². The van der Waals surface area contributed by atoms with Crippen LogP contribution in [0.2, 0.25) is 0 Å². The molecule has 4 aromatic rings. The number of benzene rings is 1. The fourth-order valence-corrected chi connectivity index (χ4v) is 5.73. The molecule has 2 N–H and O–H groups in total. The van der Waals surface area contributed by atoms with Crippen LogP contribution in [-0.2, 0) is 22.8 Å². The van der Waals surface area contributed by atoms with E-state index in [1.807, 2.05) is 49.7 Å². The van der Waals surface area contributed by atoms with Crippen LogP contribution in [0.4, 0.5) is 0 Å². The van der Waals surface area contributed by atoms with E-state index in [4.69, 9.17) is 0 Å². The molecule has 186 valence electrons. The number of rotatable bonds is 6. The van der Waals surface area contributed by atoms with Gasteiger partial charge in [-0.15, -0.1) is 0 Å². The molecule has 3 heterocycles. The molecule has 1 aliphatic heterocycles. The molecule has 1 aliphatic carbocycles. The zero-order chi connectivity index (χ0) is 25.6. The van der Waals surface area contributed by atoms with Crippen LogP contribution < -0.4 is 15.5 Å². The van der Waals surface area contributed by atoms with Gasteiger partial charge in [0.05, 0.1) is 30.1 Å². The van der Waals surface area contributed by atoms with Crippen molar-refractivity contribution >= 4 is 37.5 Å². The van der Waals surface area contributed by atoms with Gasteiger partial charge in [-0.3, -0.25) is 19.5 Å². The molecule has 0 amide bonds. The van der Waals surface area contributed by atoms with Crippen LogP contribution in [0, 0.1) is 0 Å². The number of aryl methyl sites for hydroxylation is 1. The highest BCUT2D eigenvalue weighted by atomic mass is 32.2. The molecular formula is C27H24N6O3S. The Balaban J connectivity index is 1.28. The van der Waals surface area contributed by atoms with Crippen molar-refractivity contribution in [3.63, 3.8) is 0 Å². The summed E-state index contributed by atoms with van der Waals surface area (Å²) < 4.78 is 30.0. The molecule has 1 atom stereocenters. The smallest absolute Gasteiger partial charge is 0.216 e. The van der Waals surface area contributed by atoms with E-state index in [9.17, 15) is 13.2 Å². The first-order valence-corrected chi connectivity index (χ1v) is 13.5. The van der Waals surface area contributed by atoms with E-state index >= 15 is 0 Å². The molecule has 0 spiro atoms. The number of aromatic nitrogens is 3. The highest BCUT2D eigenvalue weighted by Gasteiger charge is 2.23. The van der Waals surface area contributed by atoms with Crippen molar-refractivity contribution in [3.05, 3.63) is 94.7 Å². The number of aliphatic imine (C=N–C) groups is 1. The lowest BCUT2D eigenvalue weighted by Crippen LogP contribution is -2.35. The minimum absolute atomic E-state index is 0.0317. The van der Waals surface area contributed by atoms with Gasteiger partial charge in [0.1, 0.15) is 5.84 Å². The Morgan fingerprint density at radius 2 is 1.97 bits per heavy atom.